The van der Waals surface area contributed by atoms with Crippen molar-refractivity contribution in [3.63, 3.8) is 0 Å². The van der Waals surface area contributed by atoms with Crippen molar-refractivity contribution < 1.29 is 9.59 Å². The lowest BCUT2D eigenvalue weighted by Crippen LogP contribution is -2.15. The zero-order valence-corrected chi connectivity index (χ0v) is 11.0. The lowest BCUT2D eigenvalue weighted by Gasteiger charge is -2.09. The van der Waals surface area contributed by atoms with Crippen molar-refractivity contribution in [2.24, 2.45) is 0 Å². The van der Waals surface area contributed by atoms with Gasteiger partial charge in [0.05, 0.1) is 0 Å². The highest BCUT2D eigenvalue weighted by Gasteiger charge is 2.12. The van der Waals surface area contributed by atoms with E-state index in [0.29, 0.717) is 11.4 Å². The average molecular weight is 274 g/mol. The Bertz CT molecular complexity index is 664. The molecule has 2 rings (SSSR count). The van der Waals surface area contributed by atoms with Crippen LogP contribution in [0.15, 0.2) is 18.2 Å². The fourth-order valence-corrected chi connectivity index (χ4v) is 1.60. The molecule has 2 aromatic rings. The van der Waals surface area contributed by atoms with Gasteiger partial charge in [0, 0.05) is 18.3 Å². The third-order valence-electron chi connectivity index (χ3n) is 2.52. The number of H-pyrrole nitrogens is 1. The molecule has 0 aliphatic rings. The minimum atomic E-state index is -0.461. The van der Waals surface area contributed by atoms with E-state index in [1.807, 2.05) is 6.92 Å². The molecule has 2 amide bonds. The molecule has 1 aromatic carbocycles. The summed E-state index contributed by atoms with van der Waals surface area (Å²) in [7, 11) is 0. The van der Waals surface area contributed by atoms with Crippen LogP contribution in [0, 0.1) is 6.92 Å². The van der Waals surface area contributed by atoms with Gasteiger partial charge in [0.15, 0.2) is 0 Å². The summed E-state index contributed by atoms with van der Waals surface area (Å²) in [6.45, 7) is 3.25. The van der Waals surface area contributed by atoms with Crippen molar-refractivity contribution >= 4 is 29.1 Å². The predicted molar refractivity (Wildman–Crippen MR) is 74.2 cm³/mol. The largest absolute Gasteiger partial charge is 0.366 e. The smallest absolute Gasteiger partial charge is 0.293 e. The normalized spacial score (nSPS) is 10.1. The first-order valence-electron chi connectivity index (χ1n) is 5.83. The fraction of sp³-hybridized carbons (Fsp3) is 0.167. The number of aryl methyl sites for hydroxylation is 1. The van der Waals surface area contributed by atoms with Crippen molar-refractivity contribution in [1.29, 1.82) is 0 Å². The van der Waals surface area contributed by atoms with Crippen LogP contribution in [0.5, 0.6) is 0 Å². The number of hydrogen-bond acceptors (Lipinski definition) is 5. The number of aromatic nitrogens is 3. The molecule has 0 saturated heterocycles. The molecular formula is C12H14N6O2. The van der Waals surface area contributed by atoms with Gasteiger partial charge in [0.1, 0.15) is 0 Å². The Morgan fingerprint density at radius 2 is 2.05 bits per heavy atom. The number of nitrogens with zero attached hydrogens (tertiary/aromatic N) is 2. The maximum absolute atomic E-state index is 11.9. The van der Waals surface area contributed by atoms with Crippen LogP contribution in [-0.4, -0.2) is 27.0 Å². The number of anilines is 3. The van der Waals surface area contributed by atoms with Gasteiger partial charge in [-0.2, -0.15) is 4.98 Å². The van der Waals surface area contributed by atoms with E-state index < -0.39 is 5.91 Å². The summed E-state index contributed by atoms with van der Waals surface area (Å²) in [5.41, 5.74) is 7.34. The van der Waals surface area contributed by atoms with Crippen LogP contribution in [0.4, 0.5) is 17.3 Å². The van der Waals surface area contributed by atoms with Gasteiger partial charge in [-0.15, -0.1) is 5.10 Å². The van der Waals surface area contributed by atoms with E-state index in [9.17, 15) is 9.59 Å². The van der Waals surface area contributed by atoms with E-state index in [1.165, 1.54) is 6.92 Å². The lowest BCUT2D eigenvalue weighted by atomic mass is 10.1. The number of amides is 2. The quantitative estimate of drug-likeness (QED) is 0.661. The molecule has 8 heteroatoms. The van der Waals surface area contributed by atoms with E-state index in [4.69, 9.17) is 5.73 Å². The third-order valence-corrected chi connectivity index (χ3v) is 2.52. The molecule has 0 aliphatic carbocycles. The van der Waals surface area contributed by atoms with E-state index in [-0.39, 0.29) is 17.7 Å². The molecule has 0 saturated carbocycles. The Balaban J connectivity index is 2.19. The van der Waals surface area contributed by atoms with Crippen molar-refractivity contribution in [1.82, 2.24) is 15.2 Å². The second kappa shape index (κ2) is 5.39. The number of hydrogen-bond donors (Lipinski definition) is 4. The minimum Gasteiger partial charge on any atom is -0.366 e. The molecule has 1 heterocycles. The summed E-state index contributed by atoms with van der Waals surface area (Å²) >= 11 is 0. The number of carbonyl (C=O) groups is 2. The molecule has 0 fully saturated rings. The van der Waals surface area contributed by atoms with Gasteiger partial charge in [-0.3, -0.25) is 14.7 Å². The third kappa shape index (κ3) is 3.10. The Labute approximate surface area is 114 Å². The second-order valence-corrected chi connectivity index (χ2v) is 4.21. The first kappa shape index (κ1) is 13.5. The molecule has 0 unspecified atom stereocenters. The number of benzene rings is 1. The Hall–Kier alpha value is -2.90. The van der Waals surface area contributed by atoms with Crippen LogP contribution in [0.2, 0.25) is 0 Å². The maximum atomic E-state index is 11.9. The van der Waals surface area contributed by atoms with Crippen LogP contribution in [0.1, 0.15) is 23.1 Å². The van der Waals surface area contributed by atoms with Gasteiger partial charge in [0.2, 0.25) is 17.7 Å². The molecule has 8 nitrogen and oxygen atoms in total. The van der Waals surface area contributed by atoms with E-state index in [0.717, 1.165) is 5.56 Å². The van der Waals surface area contributed by atoms with E-state index in [2.05, 4.69) is 25.8 Å². The number of carbonyl (C=O) groups excluding carboxylic acids is 2. The number of rotatable bonds is 3. The van der Waals surface area contributed by atoms with Gasteiger partial charge in [-0.05, 0) is 24.6 Å². The van der Waals surface area contributed by atoms with Crippen molar-refractivity contribution in [3.8, 4) is 0 Å². The summed E-state index contributed by atoms with van der Waals surface area (Å²) in [5.74, 6) is -0.628. The van der Waals surface area contributed by atoms with Gasteiger partial charge in [0.25, 0.3) is 5.91 Å². The van der Waals surface area contributed by atoms with Gasteiger partial charge >= 0.3 is 0 Å². The van der Waals surface area contributed by atoms with Gasteiger partial charge in [-0.25, -0.2) is 0 Å². The molecule has 0 spiro atoms. The molecule has 104 valence electrons. The Morgan fingerprint density at radius 3 is 2.65 bits per heavy atom. The number of nitrogens with two attached hydrogens (primary N) is 1. The molecule has 0 atom stereocenters. The van der Waals surface area contributed by atoms with Crippen LogP contribution >= 0.6 is 0 Å². The highest BCUT2D eigenvalue weighted by atomic mass is 16.2. The summed E-state index contributed by atoms with van der Waals surface area (Å²) in [5, 5.41) is 11.3. The lowest BCUT2D eigenvalue weighted by molar-refractivity contribution is -0.114. The second-order valence-electron chi connectivity index (χ2n) is 4.21. The van der Waals surface area contributed by atoms with Gasteiger partial charge < -0.3 is 16.4 Å². The van der Waals surface area contributed by atoms with Crippen LogP contribution < -0.4 is 16.4 Å². The van der Waals surface area contributed by atoms with Crippen LogP contribution in [0.25, 0.3) is 0 Å². The summed E-state index contributed by atoms with van der Waals surface area (Å²) in [6, 6.07) is 5.20. The number of nitrogens with one attached hydrogen (secondary N) is 3. The molecule has 20 heavy (non-hydrogen) atoms. The maximum Gasteiger partial charge on any atom is 0.293 e. The SMILES string of the molecule is CC(=O)Nc1ccc(C)c(NC(=O)c2nc(N)n[nH]2)c1. The fourth-order valence-electron chi connectivity index (χ4n) is 1.60. The first-order chi connectivity index (χ1) is 9.45. The standard InChI is InChI=1S/C12H14N6O2/c1-6-3-4-8(14-7(2)19)5-9(6)15-11(20)10-16-12(13)18-17-10/h3-5H,1-2H3,(H,14,19)(H,15,20)(H3,13,16,17,18). The minimum absolute atomic E-state index is 0.00105. The Kier molecular flexibility index (Phi) is 3.65. The van der Waals surface area contributed by atoms with E-state index in [1.54, 1.807) is 18.2 Å². The molecule has 0 bridgehead atoms. The van der Waals surface area contributed by atoms with Crippen molar-refractivity contribution in [2.75, 3.05) is 16.4 Å². The zero-order valence-electron chi connectivity index (χ0n) is 11.0. The number of nitrogen functional groups attached to an aromatic ring is 1. The van der Waals surface area contributed by atoms with Crippen molar-refractivity contribution in [2.45, 2.75) is 13.8 Å². The highest BCUT2D eigenvalue weighted by molar-refractivity contribution is 6.02. The first-order valence-corrected chi connectivity index (χ1v) is 5.83. The zero-order chi connectivity index (χ0) is 14.7. The highest BCUT2D eigenvalue weighted by Crippen LogP contribution is 2.20. The summed E-state index contributed by atoms with van der Waals surface area (Å²) in [6.07, 6.45) is 0. The molecular weight excluding hydrogens is 260 g/mol. The predicted octanol–water partition coefficient (Wildman–Crippen LogP) is 0.906. The molecule has 5 N–H and O–H groups in total. The van der Waals surface area contributed by atoms with Crippen molar-refractivity contribution in [3.05, 3.63) is 29.6 Å². The molecule has 0 aliphatic heterocycles. The molecule has 1 aromatic heterocycles. The van der Waals surface area contributed by atoms with E-state index >= 15 is 0 Å². The summed E-state index contributed by atoms with van der Waals surface area (Å²) in [4.78, 5) is 26.7. The average Bonchev–Trinajstić information content (AvgIpc) is 2.79. The Morgan fingerprint density at radius 1 is 1.30 bits per heavy atom. The monoisotopic (exact) mass is 274 g/mol. The van der Waals surface area contributed by atoms with Crippen LogP contribution in [0.3, 0.4) is 0 Å². The summed E-state index contributed by atoms with van der Waals surface area (Å²) < 4.78 is 0. The molecule has 0 radical (unpaired) electrons. The van der Waals surface area contributed by atoms with Crippen LogP contribution in [-0.2, 0) is 4.79 Å². The van der Waals surface area contributed by atoms with Gasteiger partial charge in [-0.1, -0.05) is 6.07 Å². The topological polar surface area (TPSA) is 126 Å². The number of aromatic amines is 1.